The van der Waals surface area contributed by atoms with Crippen LogP contribution in [0.3, 0.4) is 0 Å². The normalized spacial score (nSPS) is 10.8. The Kier molecular flexibility index (Phi) is 6.27. The topological polar surface area (TPSA) is 16.1 Å². The van der Waals surface area contributed by atoms with Crippen molar-refractivity contribution in [2.75, 3.05) is 26.4 Å². The van der Waals surface area contributed by atoms with Gasteiger partial charge in [-0.05, 0) is 39.2 Å². The van der Waals surface area contributed by atoms with E-state index in [1.807, 2.05) is 17.8 Å². The number of thiazole rings is 1. The summed E-state index contributed by atoms with van der Waals surface area (Å²) in [6.45, 7) is 1.15. The number of hydrogen-bond acceptors (Lipinski definition) is 4. The van der Waals surface area contributed by atoms with E-state index in [1.165, 1.54) is 15.5 Å². The van der Waals surface area contributed by atoms with Gasteiger partial charge in [0.2, 0.25) is 0 Å². The lowest BCUT2D eigenvalue weighted by Gasteiger charge is -2.07. The molecule has 0 bridgehead atoms. The van der Waals surface area contributed by atoms with Crippen LogP contribution in [0.2, 0.25) is 0 Å². The largest absolute Gasteiger partial charge is 1.00 e. The summed E-state index contributed by atoms with van der Waals surface area (Å²) >= 11 is 3.66. The van der Waals surface area contributed by atoms with Crippen molar-refractivity contribution < 1.29 is 12.4 Å². The first-order valence-electron chi connectivity index (χ1n) is 5.39. The summed E-state index contributed by atoms with van der Waals surface area (Å²) in [6, 6.07) is 8.33. The quantitative estimate of drug-likeness (QED) is 0.583. The molecule has 0 aliphatic rings. The van der Waals surface area contributed by atoms with Gasteiger partial charge in [0.05, 0.1) is 10.2 Å². The molecule has 1 aromatic heterocycles. The number of halogens is 1. The predicted octanol–water partition coefficient (Wildman–Crippen LogP) is 0.344. The lowest BCUT2D eigenvalue weighted by atomic mass is 10.3. The number of nitrogens with zero attached hydrogens (tertiary/aromatic N) is 2. The number of aromatic nitrogens is 1. The Bertz CT molecular complexity index is 423. The zero-order valence-corrected chi connectivity index (χ0v) is 12.4. The fraction of sp³-hybridized carbons (Fsp3) is 0.417. The van der Waals surface area contributed by atoms with Crippen LogP contribution in [0, 0.1) is 0 Å². The molecule has 17 heavy (non-hydrogen) atoms. The van der Waals surface area contributed by atoms with E-state index in [1.54, 1.807) is 11.3 Å². The zero-order chi connectivity index (χ0) is 11.4. The second-order valence-corrected chi connectivity index (χ2v) is 6.33. The average molecular weight is 288 g/mol. The first-order chi connectivity index (χ1) is 7.75. The van der Waals surface area contributed by atoms with Crippen LogP contribution in [-0.4, -0.2) is 36.3 Å². The van der Waals surface area contributed by atoms with Crippen LogP contribution < -0.4 is 12.4 Å². The molecule has 2 aromatic rings. The van der Waals surface area contributed by atoms with E-state index in [2.05, 4.69) is 42.2 Å². The molecular formula is C12H16ClN2S2-. The van der Waals surface area contributed by atoms with Gasteiger partial charge in [0.25, 0.3) is 0 Å². The fourth-order valence-corrected chi connectivity index (χ4v) is 3.52. The molecule has 0 amide bonds. The monoisotopic (exact) mass is 287 g/mol. The van der Waals surface area contributed by atoms with Crippen LogP contribution in [0.1, 0.15) is 6.42 Å². The van der Waals surface area contributed by atoms with Gasteiger partial charge in [0.15, 0.2) is 4.34 Å². The minimum Gasteiger partial charge on any atom is -1.00 e. The lowest BCUT2D eigenvalue weighted by Crippen LogP contribution is -3.00. The van der Waals surface area contributed by atoms with Gasteiger partial charge in [0.1, 0.15) is 0 Å². The molecule has 0 unspecified atom stereocenters. The van der Waals surface area contributed by atoms with Crippen LogP contribution in [-0.2, 0) is 0 Å². The highest BCUT2D eigenvalue weighted by atomic mass is 35.5. The SMILES string of the molecule is CN(C)CCCSc1nc2ccccc2s1.[Cl-]. The zero-order valence-electron chi connectivity index (χ0n) is 10.0. The van der Waals surface area contributed by atoms with E-state index in [-0.39, 0.29) is 12.4 Å². The maximum atomic E-state index is 4.60. The van der Waals surface area contributed by atoms with Crippen LogP contribution in [0.4, 0.5) is 0 Å². The summed E-state index contributed by atoms with van der Waals surface area (Å²) in [4.78, 5) is 6.82. The summed E-state index contributed by atoms with van der Waals surface area (Å²) in [5.74, 6) is 1.15. The van der Waals surface area contributed by atoms with Crippen LogP contribution in [0.25, 0.3) is 10.2 Å². The number of hydrogen-bond donors (Lipinski definition) is 0. The third-order valence-electron chi connectivity index (χ3n) is 2.25. The van der Waals surface area contributed by atoms with Crippen molar-refractivity contribution >= 4 is 33.3 Å². The van der Waals surface area contributed by atoms with Crippen molar-refractivity contribution in [2.24, 2.45) is 0 Å². The predicted molar refractivity (Wildman–Crippen MR) is 73.5 cm³/mol. The molecule has 1 heterocycles. The van der Waals surface area contributed by atoms with E-state index in [0.29, 0.717) is 0 Å². The van der Waals surface area contributed by atoms with Crippen LogP contribution >= 0.6 is 23.1 Å². The van der Waals surface area contributed by atoms with Gasteiger partial charge in [-0.3, -0.25) is 0 Å². The van der Waals surface area contributed by atoms with Crippen LogP contribution in [0.15, 0.2) is 28.6 Å². The Morgan fingerprint density at radius 3 is 2.76 bits per heavy atom. The second kappa shape index (κ2) is 7.21. The summed E-state index contributed by atoms with van der Waals surface area (Å²) < 4.78 is 2.48. The molecule has 0 saturated carbocycles. The van der Waals surface area contributed by atoms with E-state index >= 15 is 0 Å². The van der Waals surface area contributed by atoms with Gasteiger partial charge in [-0.1, -0.05) is 23.9 Å². The van der Waals surface area contributed by atoms with Gasteiger partial charge in [-0.25, -0.2) is 4.98 Å². The number of rotatable bonds is 5. The lowest BCUT2D eigenvalue weighted by molar-refractivity contribution is -0.00000327. The van der Waals surface area contributed by atoms with E-state index < -0.39 is 0 Å². The molecule has 0 aliphatic heterocycles. The van der Waals surface area contributed by atoms with Gasteiger partial charge >= 0.3 is 0 Å². The average Bonchev–Trinajstić information content (AvgIpc) is 2.66. The van der Waals surface area contributed by atoms with Crippen molar-refractivity contribution in [1.82, 2.24) is 9.88 Å². The summed E-state index contributed by atoms with van der Waals surface area (Å²) in [5.41, 5.74) is 1.13. The Labute approximate surface area is 117 Å². The molecule has 0 saturated heterocycles. The van der Waals surface area contributed by atoms with E-state index in [4.69, 9.17) is 0 Å². The van der Waals surface area contributed by atoms with Gasteiger partial charge in [-0.2, -0.15) is 0 Å². The standard InChI is InChI=1S/C12H16N2S2.ClH/c1-14(2)8-5-9-15-12-13-10-6-3-4-7-11(10)16-12;/h3-4,6-7H,5,8-9H2,1-2H3;1H/p-1. The van der Waals surface area contributed by atoms with Crippen molar-refractivity contribution in [1.29, 1.82) is 0 Å². The van der Waals surface area contributed by atoms with Crippen molar-refractivity contribution in [3.63, 3.8) is 0 Å². The molecule has 1 aromatic carbocycles. The van der Waals surface area contributed by atoms with Gasteiger partial charge in [0, 0.05) is 5.75 Å². The molecule has 0 fully saturated rings. The third kappa shape index (κ3) is 4.47. The molecular weight excluding hydrogens is 272 g/mol. The smallest absolute Gasteiger partial charge is 0.151 e. The first kappa shape index (κ1) is 14.8. The second-order valence-electron chi connectivity index (χ2n) is 3.95. The summed E-state index contributed by atoms with van der Waals surface area (Å²) in [6.07, 6.45) is 1.22. The summed E-state index contributed by atoms with van der Waals surface area (Å²) in [5, 5.41) is 0. The molecule has 0 atom stereocenters. The van der Waals surface area contributed by atoms with E-state index in [0.717, 1.165) is 17.8 Å². The molecule has 0 radical (unpaired) electrons. The maximum absolute atomic E-state index is 4.60. The molecule has 0 aliphatic carbocycles. The summed E-state index contributed by atoms with van der Waals surface area (Å²) in [7, 11) is 4.23. The van der Waals surface area contributed by atoms with E-state index in [9.17, 15) is 0 Å². The number of fused-ring (bicyclic) bond motifs is 1. The molecule has 0 N–H and O–H groups in total. The highest BCUT2D eigenvalue weighted by molar-refractivity contribution is 8.01. The molecule has 0 spiro atoms. The Balaban J connectivity index is 0.00000144. The number of para-hydroxylation sites is 1. The minimum absolute atomic E-state index is 0. The maximum Gasteiger partial charge on any atom is 0.151 e. The Hall–Kier alpha value is -0.290. The number of benzene rings is 1. The highest BCUT2D eigenvalue weighted by Gasteiger charge is 2.03. The number of thioether (sulfide) groups is 1. The van der Waals surface area contributed by atoms with Crippen LogP contribution in [0.5, 0.6) is 0 Å². The van der Waals surface area contributed by atoms with Crippen molar-refractivity contribution in [2.45, 2.75) is 10.8 Å². The molecule has 2 nitrogen and oxygen atoms in total. The van der Waals surface area contributed by atoms with Crippen molar-refractivity contribution in [3.05, 3.63) is 24.3 Å². The molecule has 2 rings (SSSR count). The van der Waals surface area contributed by atoms with Crippen molar-refractivity contribution in [3.8, 4) is 0 Å². The fourth-order valence-electron chi connectivity index (χ4n) is 1.45. The van der Waals surface area contributed by atoms with Gasteiger partial charge < -0.3 is 17.3 Å². The molecule has 5 heteroatoms. The Morgan fingerprint density at radius 2 is 2.06 bits per heavy atom. The molecule has 94 valence electrons. The van der Waals surface area contributed by atoms with Gasteiger partial charge in [-0.15, -0.1) is 11.3 Å². The highest BCUT2D eigenvalue weighted by Crippen LogP contribution is 2.29. The minimum atomic E-state index is 0. The third-order valence-corrected chi connectivity index (χ3v) is 4.52. The first-order valence-corrected chi connectivity index (χ1v) is 7.19. The Morgan fingerprint density at radius 1 is 1.29 bits per heavy atom.